The maximum atomic E-state index is 9.16. The molecule has 1 heterocycles. The first-order valence-corrected chi connectivity index (χ1v) is 7.81. The van der Waals surface area contributed by atoms with Crippen LogP contribution in [0.15, 0.2) is 27.8 Å². The number of aliphatic imine (C=N–C) groups is 1. The van der Waals surface area contributed by atoms with Gasteiger partial charge in [0, 0.05) is 19.7 Å². The Labute approximate surface area is 127 Å². The molecule has 0 radical (unpaired) electrons. The molecule has 0 saturated heterocycles. The molecule has 0 bridgehead atoms. The first kappa shape index (κ1) is 17.6. The van der Waals surface area contributed by atoms with Gasteiger partial charge in [-0.1, -0.05) is 13.8 Å². The van der Waals surface area contributed by atoms with Gasteiger partial charge in [0.05, 0.1) is 6.26 Å². The van der Waals surface area contributed by atoms with E-state index in [1.54, 1.807) is 6.26 Å². The Hall–Kier alpha value is -1.49. The average molecular weight is 295 g/mol. The monoisotopic (exact) mass is 295 g/mol. The molecule has 0 saturated carbocycles. The van der Waals surface area contributed by atoms with Crippen molar-refractivity contribution in [3.8, 4) is 0 Å². The molecule has 1 atom stereocenters. The fraction of sp³-hybridized carbons (Fsp3) is 0.688. The third-order valence-corrected chi connectivity index (χ3v) is 3.22. The van der Waals surface area contributed by atoms with E-state index in [1.165, 1.54) is 0 Å². The second-order valence-corrected chi connectivity index (χ2v) is 5.66. The minimum Gasteiger partial charge on any atom is -0.467 e. The summed E-state index contributed by atoms with van der Waals surface area (Å²) in [6, 6.07) is 3.78. The quantitative estimate of drug-likeness (QED) is 0.483. The summed E-state index contributed by atoms with van der Waals surface area (Å²) in [5.74, 6) is 2.73. The normalized spacial score (nSPS) is 13.5. The third kappa shape index (κ3) is 7.75. The zero-order valence-electron chi connectivity index (χ0n) is 13.4. The van der Waals surface area contributed by atoms with Gasteiger partial charge in [0.1, 0.15) is 12.3 Å². The van der Waals surface area contributed by atoms with E-state index in [2.05, 4.69) is 29.5 Å². The first-order valence-electron chi connectivity index (χ1n) is 7.81. The van der Waals surface area contributed by atoms with Crippen LogP contribution in [0.4, 0.5) is 0 Å². The van der Waals surface area contributed by atoms with Crippen LogP contribution in [0.5, 0.6) is 0 Å². The van der Waals surface area contributed by atoms with Crippen LogP contribution in [0, 0.1) is 11.8 Å². The minimum atomic E-state index is 0.235. The van der Waals surface area contributed by atoms with Crippen molar-refractivity contribution in [2.24, 2.45) is 16.8 Å². The molecule has 0 amide bonds. The highest BCUT2D eigenvalue weighted by atomic mass is 16.3. The van der Waals surface area contributed by atoms with E-state index >= 15 is 0 Å². The number of aliphatic hydroxyl groups is 1. The Morgan fingerprint density at radius 3 is 2.76 bits per heavy atom. The van der Waals surface area contributed by atoms with Gasteiger partial charge >= 0.3 is 0 Å². The van der Waals surface area contributed by atoms with E-state index in [0.29, 0.717) is 18.4 Å². The lowest BCUT2D eigenvalue weighted by Crippen LogP contribution is -2.40. The fourth-order valence-corrected chi connectivity index (χ4v) is 2.29. The molecule has 0 spiro atoms. The highest BCUT2D eigenvalue weighted by molar-refractivity contribution is 5.79. The van der Waals surface area contributed by atoms with Crippen molar-refractivity contribution in [3.05, 3.63) is 24.2 Å². The number of hydrogen-bond donors (Lipinski definition) is 3. The molecule has 1 unspecified atom stereocenters. The molecule has 3 N–H and O–H groups in total. The minimum absolute atomic E-state index is 0.235. The van der Waals surface area contributed by atoms with Gasteiger partial charge in [-0.2, -0.15) is 0 Å². The van der Waals surface area contributed by atoms with Gasteiger partial charge in [0.2, 0.25) is 0 Å². The molecule has 1 rings (SSSR count). The fourth-order valence-electron chi connectivity index (χ4n) is 2.29. The lowest BCUT2D eigenvalue weighted by molar-refractivity contribution is 0.243. The van der Waals surface area contributed by atoms with Gasteiger partial charge in [-0.25, -0.2) is 4.99 Å². The lowest BCUT2D eigenvalue weighted by atomic mass is 9.94. The SMILES string of the molecule is CCNC(=NCc1ccco1)NCC(CCO)CC(C)C. The second kappa shape index (κ2) is 10.3. The van der Waals surface area contributed by atoms with Gasteiger partial charge in [0.15, 0.2) is 5.96 Å². The van der Waals surface area contributed by atoms with Crippen LogP contribution in [0.1, 0.15) is 39.4 Å². The van der Waals surface area contributed by atoms with E-state index in [9.17, 15) is 0 Å². The second-order valence-electron chi connectivity index (χ2n) is 5.66. The zero-order chi connectivity index (χ0) is 15.5. The number of nitrogens with one attached hydrogen (secondary N) is 2. The Balaban J connectivity index is 2.49. The van der Waals surface area contributed by atoms with Crippen LogP contribution < -0.4 is 10.6 Å². The largest absolute Gasteiger partial charge is 0.467 e. The van der Waals surface area contributed by atoms with E-state index in [1.807, 2.05) is 19.1 Å². The van der Waals surface area contributed by atoms with Crippen molar-refractivity contribution >= 4 is 5.96 Å². The van der Waals surface area contributed by atoms with Gasteiger partial charge in [0.25, 0.3) is 0 Å². The summed E-state index contributed by atoms with van der Waals surface area (Å²) >= 11 is 0. The molecule has 0 aromatic carbocycles. The first-order chi connectivity index (χ1) is 10.2. The summed E-state index contributed by atoms with van der Waals surface area (Å²) in [5, 5.41) is 15.8. The van der Waals surface area contributed by atoms with E-state index in [4.69, 9.17) is 9.52 Å². The van der Waals surface area contributed by atoms with Crippen LogP contribution in [-0.4, -0.2) is 30.8 Å². The molecule has 5 nitrogen and oxygen atoms in total. The molecule has 0 aliphatic rings. The maximum absolute atomic E-state index is 9.16. The van der Waals surface area contributed by atoms with Crippen molar-refractivity contribution in [2.45, 2.75) is 40.2 Å². The van der Waals surface area contributed by atoms with Crippen LogP contribution in [0.25, 0.3) is 0 Å². The number of rotatable bonds is 9. The molecule has 21 heavy (non-hydrogen) atoms. The van der Waals surface area contributed by atoms with Crippen molar-refractivity contribution in [2.75, 3.05) is 19.7 Å². The summed E-state index contributed by atoms with van der Waals surface area (Å²) in [4.78, 5) is 4.51. The predicted octanol–water partition coefficient (Wildman–Crippen LogP) is 2.38. The lowest BCUT2D eigenvalue weighted by Gasteiger charge is -2.20. The standard InChI is InChI=1S/C16H29N3O2/c1-4-17-16(19-12-15-6-5-9-21-15)18-11-14(7-8-20)10-13(2)3/h5-6,9,13-14,20H,4,7-8,10-12H2,1-3H3,(H2,17,18,19). The molecule has 0 aliphatic carbocycles. The van der Waals surface area contributed by atoms with E-state index in [-0.39, 0.29) is 6.61 Å². The van der Waals surface area contributed by atoms with Crippen LogP contribution >= 0.6 is 0 Å². The summed E-state index contributed by atoms with van der Waals surface area (Å²) in [6.07, 6.45) is 3.58. The van der Waals surface area contributed by atoms with E-state index < -0.39 is 0 Å². The molecular weight excluding hydrogens is 266 g/mol. The Kier molecular flexibility index (Phi) is 8.59. The summed E-state index contributed by atoms with van der Waals surface area (Å²) in [7, 11) is 0. The summed E-state index contributed by atoms with van der Waals surface area (Å²) in [5.41, 5.74) is 0. The van der Waals surface area contributed by atoms with Gasteiger partial charge in [-0.15, -0.1) is 0 Å². The molecule has 0 fully saturated rings. The summed E-state index contributed by atoms with van der Waals surface area (Å²) < 4.78 is 5.28. The smallest absolute Gasteiger partial charge is 0.191 e. The number of aliphatic hydroxyl groups excluding tert-OH is 1. The van der Waals surface area contributed by atoms with Crippen molar-refractivity contribution < 1.29 is 9.52 Å². The van der Waals surface area contributed by atoms with Crippen LogP contribution in [0.2, 0.25) is 0 Å². The molecule has 0 aliphatic heterocycles. The van der Waals surface area contributed by atoms with Crippen LogP contribution in [-0.2, 0) is 6.54 Å². The summed E-state index contributed by atoms with van der Waals surface area (Å²) in [6.45, 7) is 8.86. The number of guanidine groups is 1. The zero-order valence-corrected chi connectivity index (χ0v) is 13.4. The maximum Gasteiger partial charge on any atom is 0.191 e. The highest BCUT2D eigenvalue weighted by Gasteiger charge is 2.11. The molecule has 1 aromatic rings. The molecule has 5 heteroatoms. The van der Waals surface area contributed by atoms with Crippen LogP contribution in [0.3, 0.4) is 0 Å². The molecule has 1 aromatic heterocycles. The van der Waals surface area contributed by atoms with Gasteiger partial charge in [-0.05, 0) is 43.7 Å². The third-order valence-electron chi connectivity index (χ3n) is 3.22. The van der Waals surface area contributed by atoms with E-state index in [0.717, 1.165) is 37.7 Å². The van der Waals surface area contributed by atoms with Gasteiger partial charge < -0.3 is 20.2 Å². The number of nitrogens with zero attached hydrogens (tertiary/aromatic N) is 1. The topological polar surface area (TPSA) is 69.8 Å². The van der Waals surface area contributed by atoms with Crippen molar-refractivity contribution in [3.63, 3.8) is 0 Å². The Morgan fingerprint density at radius 2 is 2.19 bits per heavy atom. The Morgan fingerprint density at radius 1 is 1.38 bits per heavy atom. The number of hydrogen-bond acceptors (Lipinski definition) is 3. The van der Waals surface area contributed by atoms with Crippen molar-refractivity contribution in [1.29, 1.82) is 0 Å². The average Bonchev–Trinajstić information content (AvgIpc) is 2.94. The molecule has 120 valence electrons. The highest BCUT2D eigenvalue weighted by Crippen LogP contribution is 2.14. The predicted molar refractivity (Wildman–Crippen MR) is 86.2 cm³/mol. The Bertz CT molecular complexity index is 388. The number of furan rings is 1. The van der Waals surface area contributed by atoms with Gasteiger partial charge in [-0.3, -0.25) is 0 Å². The molecular formula is C16H29N3O2. The van der Waals surface area contributed by atoms with Crippen molar-refractivity contribution in [1.82, 2.24) is 10.6 Å².